The number of nitrogens with zero attached hydrogens (tertiary/aromatic N) is 1. The lowest BCUT2D eigenvalue weighted by atomic mass is 10.1. The zero-order chi connectivity index (χ0) is 13.5. The van der Waals surface area contributed by atoms with Gasteiger partial charge in [-0.15, -0.1) is 0 Å². The molecule has 0 heterocycles. The summed E-state index contributed by atoms with van der Waals surface area (Å²) in [7, 11) is 0. The maximum Gasteiger partial charge on any atom is 0.223 e. The number of hydrogen-bond donors (Lipinski definition) is 1. The first kappa shape index (κ1) is 14.0. The Balaban J connectivity index is 2.77. The lowest BCUT2D eigenvalue weighted by Crippen LogP contribution is -2.31. The predicted octanol–water partition coefficient (Wildman–Crippen LogP) is 2.42. The van der Waals surface area contributed by atoms with Crippen molar-refractivity contribution in [1.29, 1.82) is 5.26 Å². The maximum absolute atomic E-state index is 11.6. The molecule has 0 radical (unpaired) electrons. The Kier molecular flexibility index (Phi) is 5.19. The number of ether oxygens (including phenoxy) is 1. The number of amides is 1. The lowest BCUT2D eigenvalue weighted by molar-refractivity contribution is -0.124. The van der Waals surface area contributed by atoms with Crippen molar-refractivity contribution in [1.82, 2.24) is 5.32 Å². The first-order chi connectivity index (χ1) is 8.58. The van der Waals surface area contributed by atoms with Crippen molar-refractivity contribution in [2.24, 2.45) is 5.92 Å². The van der Waals surface area contributed by atoms with E-state index in [1.165, 1.54) is 0 Å². The number of carbonyl (C=O) groups excluding carboxylic acids is 1. The van der Waals surface area contributed by atoms with Crippen molar-refractivity contribution >= 4 is 5.91 Å². The lowest BCUT2D eigenvalue weighted by Gasteiger charge is -2.14. The molecule has 18 heavy (non-hydrogen) atoms. The highest BCUT2D eigenvalue weighted by Gasteiger charge is 2.15. The van der Waals surface area contributed by atoms with Gasteiger partial charge in [-0.1, -0.05) is 26.0 Å². The summed E-state index contributed by atoms with van der Waals surface area (Å²) in [6, 6.07) is 8.64. The van der Waals surface area contributed by atoms with E-state index in [0.29, 0.717) is 6.61 Å². The van der Waals surface area contributed by atoms with E-state index < -0.39 is 6.04 Å². The second-order valence-corrected chi connectivity index (χ2v) is 4.23. The largest absolute Gasteiger partial charge is 0.494 e. The summed E-state index contributed by atoms with van der Waals surface area (Å²) in [6.07, 6.45) is 0. The second kappa shape index (κ2) is 6.65. The fourth-order valence-electron chi connectivity index (χ4n) is 1.42. The molecule has 0 spiro atoms. The van der Waals surface area contributed by atoms with E-state index in [4.69, 9.17) is 10.00 Å². The van der Waals surface area contributed by atoms with Crippen LogP contribution in [0.5, 0.6) is 5.75 Å². The number of carbonyl (C=O) groups is 1. The van der Waals surface area contributed by atoms with E-state index in [9.17, 15) is 4.79 Å². The van der Waals surface area contributed by atoms with Gasteiger partial charge in [0.05, 0.1) is 12.7 Å². The molecule has 0 saturated carbocycles. The Bertz CT molecular complexity index is 432. The molecule has 1 unspecified atom stereocenters. The highest BCUT2D eigenvalue weighted by molar-refractivity contribution is 5.78. The number of nitrogens with one attached hydrogen (secondary N) is 1. The minimum atomic E-state index is -0.615. The molecule has 96 valence electrons. The van der Waals surface area contributed by atoms with Crippen molar-refractivity contribution in [3.05, 3.63) is 29.8 Å². The highest BCUT2D eigenvalue weighted by Crippen LogP contribution is 2.17. The monoisotopic (exact) mass is 246 g/mol. The van der Waals surface area contributed by atoms with E-state index >= 15 is 0 Å². The minimum absolute atomic E-state index is 0.129. The second-order valence-electron chi connectivity index (χ2n) is 4.23. The first-order valence-corrected chi connectivity index (χ1v) is 6.01. The molecule has 0 bridgehead atoms. The van der Waals surface area contributed by atoms with Gasteiger partial charge in [-0.05, 0) is 24.6 Å². The van der Waals surface area contributed by atoms with Crippen molar-refractivity contribution in [2.45, 2.75) is 26.8 Å². The van der Waals surface area contributed by atoms with Crippen LogP contribution < -0.4 is 10.1 Å². The molecule has 1 aromatic rings. The average Bonchev–Trinajstić information content (AvgIpc) is 2.37. The van der Waals surface area contributed by atoms with Gasteiger partial charge in [0.15, 0.2) is 0 Å². The summed E-state index contributed by atoms with van der Waals surface area (Å²) in [6.45, 7) is 6.10. The molecule has 1 atom stereocenters. The Morgan fingerprint density at radius 1 is 1.39 bits per heavy atom. The third-order valence-corrected chi connectivity index (χ3v) is 2.46. The summed E-state index contributed by atoms with van der Waals surface area (Å²) in [4.78, 5) is 11.6. The average molecular weight is 246 g/mol. The normalized spacial score (nSPS) is 11.7. The number of hydrogen-bond acceptors (Lipinski definition) is 3. The number of nitriles is 1. The zero-order valence-corrected chi connectivity index (χ0v) is 10.9. The molecule has 0 aliphatic carbocycles. The van der Waals surface area contributed by atoms with Crippen LogP contribution in [0, 0.1) is 17.2 Å². The predicted molar refractivity (Wildman–Crippen MR) is 68.9 cm³/mol. The van der Waals surface area contributed by atoms with Gasteiger partial charge in [-0.25, -0.2) is 0 Å². The van der Waals surface area contributed by atoms with Gasteiger partial charge < -0.3 is 10.1 Å². The summed E-state index contributed by atoms with van der Waals surface area (Å²) in [5.41, 5.74) is 0.759. The van der Waals surface area contributed by atoms with E-state index in [2.05, 4.69) is 11.4 Å². The van der Waals surface area contributed by atoms with Gasteiger partial charge in [-0.3, -0.25) is 4.79 Å². The number of benzene rings is 1. The zero-order valence-electron chi connectivity index (χ0n) is 10.9. The molecular weight excluding hydrogens is 228 g/mol. The SMILES string of the molecule is CCOc1ccc(C(C#N)NC(=O)C(C)C)cc1. The van der Waals surface area contributed by atoms with Crippen LogP contribution in [-0.2, 0) is 4.79 Å². The van der Waals surface area contributed by atoms with Crippen molar-refractivity contribution in [2.75, 3.05) is 6.61 Å². The van der Waals surface area contributed by atoms with Gasteiger partial charge in [0.25, 0.3) is 0 Å². The van der Waals surface area contributed by atoms with Crippen molar-refractivity contribution in [3.63, 3.8) is 0 Å². The van der Waals surface area contributed by atoms with Gasteiger partial charge in [0.2, 0.25) is 5.91 Å². The molecule has 0 fully saturated rings. The summed E-state index contributed by atoms with van der Waals surface area (Å²) >= 11 is 0. The van der Waals surface area contributed by atoms with Gasteiger partial charge in [-0.2, -0.15) is 5.26 Å². The first-order valence-electron chi connectivity index (χ1n) is 6.01. The molecule has 1 aromatic carbocycles. The fourth-order valence-corrected chi connectivity index (χ4v) is 1.42. The van der Waals surface area contributed by atoms with Crippen LogP contribution in [0.3, 0.4) is 0 Å². The Morgan fingerprint density at radius 3 is 2.44 bits per heavy atom. The van der Waals surface area contributed by atoms with E-state index in [1.54, 1.807) is 38.1 Å². The van der Waals surface area contributed by atoms with Crippen LogP contribution in [0.15, 0.2) is 24.3 Å². The molecule has 1 rings (SSSR count). The van der Waals surface area contributed by atoms with E-state index in [1.807, 2.05) is 6.92 Å². The number of rotatable bonds is 5. The van der Waals surface area contributed by atoms with Crippen LogP contribution in [-0.4, -0.2) is 12.5 Å². The standard InChI is InChI=1S/C14H18N2O2/c1-4-18-12-7-5-11(6-8-12)13(9-15)16-14(17)10(2)3/h5-8,10,13H,4H2,1-3H3,(H,16,17). The van der Waals surface area contributed by atoms with Crippen LogP contribution in [0.1, 0.15) is 32.4 Å². The smallest absolute Gasteiger partial charge is 0.223 e. The van der Waals surface area contributed by atoms with E-state index in [0.717, 1.165) is 11.3 Å². The van der Waals surface area contributed by atoms with E-state index in [-0.39, 0.29) is 11.8 Å². The van der Waals surface area contributed by atoms with Gasteiger partial charge in [0.1, 0.15) is 11.8 Å². The molecule has 1 amide bonds. The van der Waals surface area contributed by atoms with Gasteiger partial charge in [0, 0.05) is 5.92 Å². The topological polar surface area (TPSA) is 62.1 Å². The summed E-state index contributed by atoms with van der Waals surface area (Å²) < 4.78 is 5.32. The third kappa shape index (κ3) is 3.77. The Labute approximate surface area is 108 Å². The molecular formula is C14H18N2O2. The van der Waals surface area contributed by atoms with Crippen LogP contribution >= 0.6 is 0 Å². The molecule has 4 heteroatoms. The van der Waals surface area contributed by atoms with Gasteiger partial charge >= 0.3 is 0 Å². The summed E-state index contributed by atoms with van der Waals surface area (Å²) in [5.74, 6) is 0.493. The maximum atomic E-state index is 11.6. The fraction of sp³-hybridized carbons (Fsp3) is 0.429. The molecule has 1 N–H and O–H groups in total. The van der Waals surface area contributed by atoms with Crippen molar-refractivity contribution in [3.8, 4) is 11.8 Å². The third-order valence-electron chi connectivity index (χ3n) is 2.46. The molecule has 0 aliphatic heterocycles. The highest BCUT2D eigenvalue weighted by atomic mass is 16.5. The quantitative estimate of drug-likeness (QED) is 0.867. The Hall–Kier alpha value is -2.02. The van der Waals surface area contributed by atoms with Crippen molar-refractivity contribution < 1.29 is 9.53 Å². The molecule has 0 aliphatic rings. The Morgan fingerprint density at radius 2 is 2.00 bits per heavy atom. The van der Waals surface area contributed by atoms with Crippen LogP contribution in [0.4, 0.5) is 0 Å². The molecule has 0 aromatic heterocycles. The summed E-state index contributed by atoms with van der Waals surface area (Å²) in [5, 5.41) is 11.8. The van der Waals surface area contributed by atoms with Crippen LogP contribution in [0.25, 0.3) is 0 Å². The minimum Gasteiger partial charge on any atom is -0.494 e. The molecule has 4 nitrogen and oxygen atoms in total. The molecule has 0 saturated heterocycles. The van der Waals surface area contributed by atoms with Crippen LogP contribution in [0.2, 0.25) is 0 Å².